The topological polar surface area (TPSA) is 44.5 Å². The highest BCUT2D eigenvalue weighted by molar-refractivity contribution is 9.10. The fourth-order valence-electron chi connectivity index (χ4n) is 1.56. The predicted octanol–water partition coefficient (Wildman–Crippen LogP) is 3.43. The second-order valence-corrected chi connectivity index (χ2v) is 4.14. The maximum absolute atomic E-state index is 5.34. The molecular weight excluding hydrogens is 286 g/mol. The van der Waals surface area contributed by atoms with E-state index < -0.39 is 0 Å². The number of aromatic nitrogens is 1. The Bertz CT molecular complexity index is 537. The van der Waals surface area contributed by atoms with E-state index in [4.69, 9.17) is 13.9 Å². The van der Waals surface area contributed by atoms with Gasteiger partial charge in [0.2, 0.25) is 0 Å². The van der Waals surface area contributed by atoms with Crippen LogP contribution in [0.15, 0.2) is 27.3 Å². The number of nitrogens with zero attached hydrogens (tertiary/aromatic N) is 1. The molecule has 0 aliphatic carbocycles. The summed E-state index contributed by atoms with van der Waals surface area (Å²) in [7, 11) is 3.23. The Morgan fingerprint density at radius 3 is 2.53 bits per heavy atom. The van der Waals surface area contributed by atoms with Gasteiger partial charge in [0.1, 0.15) is 17.2 Å². The van der Waals surface area contributed by atoms with Crippen molar-refractivity contribution in [2.24, 2.45) is 0 Å². The van der Waals surface area contributed by atoms with Crippen LogP contribution in [-0.2, 0) is 0 Å². The second-order valence-electron chi connectivity index (χ2n) is 3.42. The molecular formula is C12H12BrNO3. The molecule has 2 rings (SSSR count). The van der Waals surface area contributed by atoms with Gasteiger partial charge in [-0.2, -0.15) is 0 Å². The summed E-state index contributed by atoms with van der Waals surface area (Å²) in [6.45, 7) is 1.80. The van der Waals surface area contributed by atoms with Gasteiger partial charge in [0.15, 0.2) is 10.6 Å². The molecule has 0 N–H and O–H groups in total. The minimum Gasteiger partial charge on any atom is -0.497 e. The molecule has 0 bridgehead atoms. The van der Waals surface area contributed by atoms with E-state index in [2.05, 4.69) is 20.9 Å². The van der Waals surface area contributed by atoms with Crippen molar-refractivity contribution in [3.05, 3.63) is 28.8 Å². The second kappa shape index (κ2) is 4.79. The molecule has 1 aromatic carbocycles. The van der Waals surface area contributed by atoms with Crippen LogP contribution in [0, 0.1) is 6.92 Å². The number of ether oxygens (including phenoxy) is 2. The molecule has 0 aliphatic rings. The number of hydrogen-bond donors (Lipinski definition) is 0. The highest BCUT2D eigenvalue weighted by Gasteiger charge is 2.15. The molecule has 0 saturated heterocycles. The zero-order valence-corrected chi connectivity index (χ0v) is 11.4. The number of methoxy groups -OCH3 is 2. The highest BCUT2D eigenvalue weighted by Crippen LogP contribution is 2.36. The van der Waals surface area contributed by atoms with Gasteiger partial charge in [-0.15, -0.1) is 0 Å². The number of halogens is 1. The van der Waals surface area contributed by atoms with Crippen molar-refractivity contribution in [1.82, 2.24) is 4.98 Å². The average Bonchev–Trinajstić information content (AvgIpc) is 2.67. The molecule has 90 valence electrons. The third-order valence-corrected chi connectivity index (χ3v) is 2.89. The van der Waals surface area contributed by atoms with Crippen molar-refractivity contribution in [1.29, 1.82) is 0 Å². The Hall–Kier alpha value is -1.49. The minimum atomic E-state index is 0.596. The summed E-state index contributed by atoms with van der Waals surface area (Å²) in [6, 6.07) is 5.56. The SMILES string of the molecule is COc1ccc(-c2nc(C)oc2Br)c(OC)c1. The lowest BCUT2D eigenvalue weighted by Crippen LogP contribution is -1.91. The van der Waals surface area contributed by atoms with E-state index in [0.29, 0.717) is 16.3 Å². The van der Waals surface area contributed by atoms with Crippen LogP contribution in [0.5, 0.6) is 11.5 Å². The van der Waals surface area contributed by atoms with Crippen molar-refractivity contribution in [2.45, 2.75) is 6.92 Å². The molecule has 0 fully saturated rings. The van der Waals surface area contributed by atoms with Crippen molar-refractivity contribution >= 4 is 15.9 Å². The highest BCUT2D eigenvalue weighted by atomic mass is 79.9. The Morgan fingerprint density at radius 1 is 1.24 bits per heavy atom. The molecule has 0 saturated carbocycles. The van der Waals surface area contributed by atoms with Crippen LogP contribution < -0.4 is 9.47 Å². The summed E-state index contributed by atoms with van der Waals surface area (Å²) in [6.07, 6.45) is 0. The van der Waals surface area contributed by atoms with Gasteiger partial charge in [-0.05, 0) is 28.1 Å². The molecule has 0 amide bonds. The summed E-state index contributed by atoms with van der Waals surface area (Å²) >= 11 is 3.34. The van der Waals surface area contributed by atoms with E-state index in [1.54, 1.807) is 21.1 Å². The molecule has 0 unspecified atom stereocenters. The van der Waals surface area contributed by atoms with Crippen LogP contribution in [0.3, 0.4) is 0 Å². The largest absolute Gasteiger partial charge is 0.497 e. The fourth-order valence-corrected chi connectivity index (χ4v) is 2.10. The molecule has 0 radical (unpaired) electrons. The van der Waals surface area contributed by atoms with Gasteiger partial charge in [-0.1, -0.05) is 0 Å². The van der Waals surface area contributed by atoms with Gasteiger partial charge in [0, 0.05) is 18.6 Å². The van der Waals surface area contributed by atoms with Gasteiger partial charge in [0.25, 0.3) is 0 Å². The van der Waals surface area contributed by atoms with Crippen LogP contribution in [0.4, 0.5) is 0 Å². The third kappa shape index (κ3) is 2.29. The van der Waals surface area contributed by atoms with E-state index >= 15 is 0 Å². The molecule has 5 heteroatoms. The lowest BCUT2D eigenvalue weighted by atomic mass is 10.1. The third-order valence-electron chi connectivity index (χ3n) is 2.36. The summed E-state index contributed by atoms with van der Waals surface area (Å²) in [5.41, 5.74) is 1.58. The maximum Gasteiger partial charge on any atom is 0.197 e. The number of hydrogen-bond acceptors (Lipinski definition) is 4. The Balaban J connectivity index is 2.55. The molecule has 1 heterocycles. The van der Waals surface area contributed by atoms with Crippen LogP contribution in [0.2, 0.25) is 0 Å². The molecule has 0 aliphatic heterocycles. The lowest BCUT2D eigenvalue weighted by Gasteiger charge is -2.08. The fraction of sp³-hybridized carbons (Fsp3) is 0.250. The lowest BCUT2D eigenvalue weighted by molar-refractivity contribution is 0.395. The Labute approximate surface area is 108 Å². The molecule has 1 aromatic heterocycles. The van der Waals surface area contributed by atoms with E-state index in [0.717, 1.165) is 17.0 Å². The van der Waals surface area contributed by atoms with Crippen molar-refractivity contribution in [3.63, 3.8) is 0 Å². The number of rotatable bonds is 3. The van der Waals surface area contributed by atoms with E-state index in [1.807, 2.05) is 18.2 Å². The predicted molar refractivity (Wildman–Crippen MR) is 67.5 cm³/mol. The van der Waals surface area contributed by atoms with E-state index in [9.17, 15) is 0 Å². The van der Waals surface area contributed by atoms with Crippen molar-refractivity contribution < 1.29 is 13.9 Å². The first-order valence-corrected chi connectivity index (χ1v) is 5.80. The van der Waals surface area contributed by atoms with Gasteiger partial charge in [-0.3, -0.25) is 0 Å². The average molecular weight is 298 g/mol. The Kier molecular flexibility index (Phi) is 3.38. The summed E-state index contributed by atoms with van der Waals surface area (Å²) in [5.74, 6) is 2.03. The molecule has 17 heavy (non-hydrogen) atoms. The maximum atomic E-state index is 5.34. The number of benzene rings is 1. The minimum absolute atomic E-state index is 0.596. The summed E-state index contributed by atoms with van der Waals surface area (Å²) in [4.78, 5) is 4.31. The number of oxazole rings is 1. The molecule has 0 atom stereocenters. The molecule has 2 aromatic rings. The quantitative estimate of drug-likeness (QED) is 0.871. The van der Waals surface area contributed by atoms with E-state index in [-0.39, 0.29) is 0 Å². The first-order chi connectivity index (χ1) is 8.15. The zero-order valence-electron chi connectivity index (χ0n) is 9.78. The monoisotopic (exact) mass is 297 g/mol. The van der Waals surface area contributed by atoms with Crippen LogP contribution in [-0.4, -0.2) is 19.2 Å². The van der Waals surface area contributed by atoms with Crippen molar-refractivity contribution in [3.8, 4) is 22.8 Å². The van der Waals surface area contributed by atoms with E-state index in [1.165, 1.54) is 0 Å². The normalized spacial score (nSPS) is 10.4. The summed E-state index contributed by atoms with van der Waals surface area (Å²) < 4.78 is 16.4. The van der Waals surface area contributed by atoms with Gasteiger partial charge in [0.05, 0.1) is 14.2 Å². The zero-order chi connectivity index (χ0) is 12.4. The Morgan fingerprint density at radius 2 is 2.00 bits per heavy atom. The summed E-state index contributed by atoms with van der Waals surface area (Å²) in [5, 5.41) is 0. The molecule has 0 spiro atoms. The smallest absolute Gasteiger partial charge is 0.197 e. The standard InChI is InChI=1S/C12H12BrNO3/c1-7-14-11(12(13)17-7)9-5-4-8(15-2)6-10(9)16-3/h4-6H,1-3H3. The first kappa shape index (κ1) is 12.0. The van der Waals surface area contributed by atoms with Gasteiger partial charge >= 0.3 is 0 Å². The van der Waals surface area contributed by atoms with Crippen LogP contribution in [0.1, 0.15) is 5.89 Å². The molecule has 4 nitrogen and oxygen atoms in total. The van der Waals surface area contributed by atoms with Gasteiger partial charge < -0.3 is 13.9 Å². The van der Waals surface area contributed by atoms with Gasteiger partial charge in [-0.25, -0.2) is 4.98 Å². The van der Waals surface area contributed by atoms with Crippen molar-refractivity contribution in [2.75, 3.05) is 14.2 Å². The number of aryl methyl sites for hydroxylation is 1. The van der Waals surface area contributed by atoms with Crippen LogP contribution >= 0.6 is 15.9 Å². The first-order valence-electron chi connectivity index (χ1n) is 5.01. The van der Waals surface area contributed by atoms with Crippen LogP contribution in [0.25, 0.3) is 11.3 Å².